The van der Waals surface area contributed by atoms with Gasteiger partial charge in [0, 0.05) is 19.8 Å². The fourth-order valence-corrected chi connectivity index (χ4v) is 2.28. The lowest BCUT2D eigenvalue weighted by atomic mass is 9.96. The number of nitrogens with two attached hydrogens (primary N) is 1. The molecule has 1 atom stereocenters. The molecule has 2 nitrogen and oxygen atoms in total. The van der Waals surface area contributed by atoms with E-state index in [1.807, 2.05) is 0 Å². The molecule has 0 aromatic rings. The monoisotopic (exact) mass is 185 g/mol. The highest BCUT2D eigenvalue weighted by Gasteiger charge is 2.17. The van der Waals surface area contributed by atoms with Gasteiger partial charge in [0.15, 0.2) is 0 Å². The van der Waals surface area contributed by atoms with Gasteiger partial charge in [0.05, 0.1) is 0 Å². The van der Waals surface area contributed by atoms with Crippen LogP contribution in [-0.4, -0.2) is 19.8 Å². The molecule has 78 valence electrons. The molecule has 2 heteroatoms. The van der Waals surface area contributed by atoms with Crippen molar-refractivity contribution in [1.29, 1.82) is 0 Å². The molecule has 0 spiro atoms. The predicted octanol–water partition coefficient (Wildman–Crippen LogP) is 2.32. The van der Waals surface area contributed by atoms with Crippen molar-refractivity contribution < 1.29 is 4.74 Å². The Bertz CT molecular complexity index is 121. The second-order valence-corrected chi connectivity index (χ2v) is 4.28. The molecule has 1 aliphatic carbocycles. The van der Waals surface area contributed by atoms with Crippen LogP contribution in [0.1, 0.15) is 44.9 Å². The number of hydrogen-bond donors (Lipinski definition) is 1. The normalized spacial score (nSPS) is 20.8. The molecule has 1 fully saturated rings. The zero-order chi connectivity index (χ0) is 9.52. The summed E-state index contributed by atoms with van der Waals surface area (Å²) in [6.45, 7) is 0.859. The first kappa shape index (κ1) is 11.0. The van der Waals surface area contributed by atoms with E-state index < -0.39 is 0 Å². The summed E-state index contributed by atoms with van der Waals surface area (Å²) in [6.07, 6.45) is 9.17. The molecule has 0 bridgehead atoms. The highest BCUT2D eigenvalue weighted by Crippen LogP contribution is 2.28. The van der Waals surface area contributed by atoms with Gasteiger partial charge in [-0.2, -0.15) is 0 Å². The van der Waals surface area contributed by atoms with Crippen LogP contribution in [0.25, 0.3) is 0 Å². The Hall–Kier alpha value is -0.0800. The first-order valence-electron chi connectivity index (χ1n) is 5.57. The minimum Gasteiger partial charge on any atom is -0.385 e. The van der Waals surface area contributed by atoms with Gasteiger partial charge in [-0.15, -0.1) is 0 Å². The average Bonchev–Trinajstić information content (AvgIpc) is 2.57. The molecular weight excluding hydrogens is 162 g/mol. The molecule has 2 N–H and O–H groups in total. The van der Waals surface area contributed by atoms with E-state index in [1.165, 1.54) is 32.1 Å². The van der Waals surface area contributed by atoms with E-state index in [9.17, 15) is 0 Å². The lowest BCUT2D eigenvalue weighted by molar-refractivity contribution is 0.189. The van der Waals surface area contributed by atoms with Crippen LogP contribution < -0.4 is 5.73 Å². The van der Waals surface area contributed by atoms with Gasteiger partial charge in [-0.25, -0.2) is 0 Å². The highest BCUT2D eigenvalue weighted by atomic mass is 16.5. The molecule has 1 unspecified atom stereocenters. The van der Waals surface area contributed by atoms with Gasteiger partial charge in [-0.3, -0.25) is 0 Å². The summed E-state index contributed by atoms with van der Waals surface area (Å²) in [5.41, 5.74) is 6.04. The second kappa shape index (κ2) is 6.39. The van der Waals surface area contributed by atoms with Crippen molar-refractivity contribution in [2.24, 2.45) is 11.7 Å². The summed E-state index contributed by atoms with van der Waals surface area (Å²) >= 11 is 0. The van der Waals surface area contributed by atoms with Crippen molar-refractivity contribution >= 4 is 0 Å². The maximum atomic E-state index is 6.04. The van der Waals surface area contributed by atoms with Crippen LogP contribution in [0.4, 0.5) is 0 Å². The van der Waals surface area contributed by atoms with E-state index in [1.54, 1.807) is 7.11 Å². The molecule has 0 saturated heterocycles. The van der Waals surface area contributed by atoms with Crippen LogP contribution >= 0.6 is 0 Å². The van der Waals surface area contributed by atoms with Crippen molar-refractivity contribution in [1.82, 2.24) is 0 Å². The van der Waals surface area contributed by atoms with Gasteiger partial charge >= 0.3 is 0 Å². The number of rotatable bonds is 6. The number of methoxy groups -OCH3 is 1. The molecule has 0 heterocycles. The van der Waals surface area contributed by atoms with Crippen molar-refractivity contribution in [3.05, 3.63) is 0 Å². The molecule has 0 amide bonds. The van der Waals surface area contributed by atoms with Gasteiger partial charge in [0.2, 0.25) is 0 Å². The number of hydrogen-bond acceptors (Lipinski definition) is 2. The molecular formula is C11H23NO. The third kappa shape index (κ3) is 4.63. The van der Waals surface area contributed by atoms with E-state index in [-0.39, 0.29) is 0 Å². The fourth-order valence-electron chi connectivity index (χ4n) is 2.28. The van der Waals surface area contributed by atoms with Gasteiger partial charge in [0.25, 0.3) is 0 Å². The topological polar surface area (TPSA) is 35.2 Å². The zero-order valence-electron chi connectivity index (χ0n) is 8.80. The minimum absolute atomic E-state index is 0.415. The van der Waals surface area contributed by atoms with Crippen molar-refractivity contribution in [2.45, 2.75) is 51.0 Å². The Kier molecular flexibility index (Phi) is 5.40. The quantitative estimate of drug-likeness (QED) is 0.644. The molecule has 0 aromatic carbocycles. The molecule has 0 aliphatic heterocycles. The largest absolute Gasteiger partial charge is 0.385 e. The summed E-state index contributed by atoms with van der Waals surface area (Å²) in [6, 6.07) is 0.415. The van der Waals surface area contributed by atoms with E-state index in [0.29, 0.717) is 6.04 Å². The lowest BCUT2D eigenvalue weighted by Crippen LogP contribution is -2.23. The van der Waals surface area contributed by atoms with Crippen molar-refractivity contribution in [3.8, 4) is 0 Å². The van der Waals surface area contributed by atoms with Gasteiger partial charge < -0.3 is 10.5 Å². The fraction of sp³-hybridized carbons (Fsp3) is 1.00. The Morgan fingerprint density at radius 3 is 2.69 bits per heavy atom. The SMILES string of the molecule is COCCCC(N)CC1CCCC1. The first-order valence-corrected chi connectivity index (χ1v) is 5.57. The maximum absolute atomic E-state index is 6.04. The van der Waals surface area contributed by atoms with Gasteiger partial charge in [-0.1, -0.05) is 25.7 Å². The Labute approximate surface area is 81.8 Å². The third-order valence-corrected chi connectivity index (χ3v) is 3.03. The van der Waals surface area contributed by atoms with Crippen molar-refractivity contribution in [3.63, 3.8) is 0 Å². The summed E-state index contributed by atoms with van der Waals surface area (Å²) in [5, 5.41) is 0. The molecule has 13 heavy (non-hydrogen) atoms. The summed E-state index contributed by atoms with van der Waals surface area (Å²) in [5.74, 6) is 0.928. The Morgan fingerprint density at radius 1 is 1.38 bits per heavy atom. The zero-order valence-corrected chi connectivity index (χ0v) is 8.80. The maximum Gasteiger partial charge on any atom is 0.0462 e. The molecule has 1 saturated carbocycles. The van der Waals surface area contributed by atoms with E-state index in [2.05, 4.69) is 0 Å². The van der Waals surface area contributed by atoms with Crippen LogP contribution in [-0.2, 0) is 4.74 Å². The molecule has 0 radical (unpaired) electrons. The average molecular weight is 185 g/mol. The second-order valence-electron chi connectivity index (χ2n) is 4.28. The third-order valence-electron chi connectivity index (χ3n) is 3.03. The van der Waals surface area contributed by atoms with Gasteiger partial charge in [0.1, 0.15) is 0 Å². The van der Waals surface area contributed by atoms with Crippen molar-refractivity contribution in [2.75, 3.05) is 13.7 Å². The van der Waals surface area contributed by atoms with E-state index in [0.717, 1.165) is 25.4 Å². The Morgan fingerprint density at radius 2 is 2.08 bits per heavy atom. The van der Waals surface area contributed by atoms with E-state index >= 15 is 0 Å². The van der Waals surface area contributed by atoms with Crippen LogP contribution in [0.2, 0.25) is 0 Å². The van der Waals surface area contributed by atoms with E-state index in [4.69, 9.17) is 10.5 Å². The summed E-state index contributed by atoms with van der Waals surface area (Å²) in [7, 11) is 1.75. The lowest BCUT2D eigenvalue weighted by Gasteiger charge is -2.15. The van der Waals surface area contributed by atoms with Crippen LogP contribution in [0, 0.1) is 5.92 Å². The van der Waals surface area contributed by atoms with Crippen LogP contribution in [0.15, 0.2) is 0 Å². The standard InChI is InChI=1S/C11H23NO/c1-13-8-4-7-11(12)9-10-5-2-3-6-10/h10-11H,2-9,12H2,1H3. The smallest absolute Gasteiger partial charge is 0.0462 e. The predicted molar refractivity (Wildman–Crippen MR) is 55.7 cm³/mol. The molecule has 0 aromatic heterocycles. The Balaban J connectivity index is 1.99. The minimum atomic E-state index is 0.415. The van der Waals surface area contributed by atoms with Crippen LogP contribution in [0.3, 0.4) is 0 Å². The first-order chi connectivity index (χ1) is 6.33. The highest BCUT2D eigenvalue weighted by molar-refractivity contribution is 4.73. The molecule has 1 aliphatic rings. The van der Waals surface area contributed by atoms with Crippen LogP contribution in [0.5, 0.6) is 0 Å². The molecule has 1 rings (SSSR count). The number of ether oxygens (including phenoxy) is 1. The van der Waals surface area contributed by atoms with Gasteiger partial charge in [-0.05, 0) is 25.2 Å². The summed E-state index contributed by atoms with van der Waals surface area (Å²) < 4.78 is 5.01. The summed E-state index contributed by atoms with van der Waals surface area (Å²) in [4.78, 5) is 0.